The summed E-state index contributed by atoms with van der Waals surface area (Å²) in [7, 11) is 1.36. The van der Waals surface area contributed by atoms with Gasteiger partial charge in [-0.25, -0.2) is 9.78 Å². The molecule has 0 aliphatic heterocycles. The van der Waals surface area contributed by atoms with Crippen molar-refractivity contribution >= 4 is 34.0 Å². The maximum absolute atomic E-state index is 11.1. The first kappa shape index (κ1) is 18.5. The van der Waals surface area contributed by atoms with E-state index in [2.05, 4.69) is 32.8 Å². The van der Waals surface area contributed by atoms with Crippen molar-refractivity contribution in [2.75, 3.05) is 11.9 Å². The summed E-state index contributed by atoms with van der Waals surface area (Å²) in [4.78, 5) is 27.2. The lowest BCUT2D eigenvalue weighted by atomic mass is 10.1. The summed E-state index contributed by atoms with van der Waals surface area (Å²) in [5.74, 6) is 4.22. The fourth-order valence-corrected chi connectivity index (χ4v) is 2.42. The number of hydrogen-bond acceptors (Lipinski definition) is 5. The van der Waals surface area contributed by atoms with Gasteiger partial charge in [-0.3, -0.25) is 0 Å². The van der Waals surface area contributed by atoms with E-state index in [4.69, 9.17) is 5.11 Å². The minimum Gasteiger partial charge on any atom is -0.504 e. The summed E-state index contributed by atoms with van der Waals surface area (Å²) in [6.07, 6.45) is 0.266. The van der Waals surface area contributed by atoms with Crippen LogP contribution in [0.1, 0.15) is 16.7 Å². The number of rotatable bonds is 4. The molecular formula is C18H15BrN2O4. The quantitative estimate of drug-likeness (QED) is 0.353. The molecule has 0 spiro atoms. The molecule has 1 unspecified atom stereocenters. The first-order chi connectivity index (χ1) is 11.8. The Morgan fingerprint density at radius 1 is 1.32 bits per heavy atom. The van der Waals surface area contributed by atoms with Crippen LogP contribution in [0.2, 0.25) is 0 Å². The molecule has 0 aliphatic carbocycles. The van der Waals surface area contributed by atoms with E-state index in [0.29, 0.717) is 10.2 Å². The van der Waals surface area contributed by atoms with Crippen LogP contribution < -0.4 is 4.90 Å². The highest BCUT2D eigenvalue weighted by Gasteiger charge is 2.25. The molecule has 1 heterocycles. The lowest BCUT2D eigenvalue weighted by molar-refractivity contribution is -0.139. The Kier molecular flexibility index (Phi) is 5.78. The largest absolute Gasteiger partial charge is 0.504 e. The number of halogens is 1. The van der Waals surface area contributed by atoms with Gasteiger partial charge in [0.25, 0.3) is 0 Å². The molecule has 7 heteroatoms. The number of carbonyl (C=O) groups excluding carboxylic acids is 1. The number of carbonyl (C=O) groups is 2. The number of pyridine rings is 1. The predicted molar refractivity (Wildman–Crippen MR) is 96.7 cm³/mol. The lowest BCUT2D eigenvalue weighted by Gasteiger charge is -2.22. The second kappa shape index (κ2) is 7.81. The van der Waals surface area contributed by atoms with Crippen LogP contribution in [0.3, 0.4) is 0 Å². The van der Waals surface area contributed by atoms with Crippen molar-refractivity contribution in [3.05, 3.63) is 51.6 Å². The summed E-state index contributed by atoms with van der Waals surface area (Å²) in [5, 5.41) is 19.2. The van der Waals surface area contributed by atoms with Gasteiger partial charge in [0.15, 0.2) is 23.9 Å². The van der Waals surface area contributed by atoms with Gasteiger partial charge in [-0.1, -0.05) is 29.5 Å². The van der Waals surface area contributed by atoms with Crippen molar-refractivity contribution in [2.45, 2.75) is 13.0 Å². The molecule has 6 nitrogen and oxygen atoms in total. The molecule has 1 atom stereocenters. The van der Waals surface area contributed by atoms with Gasteiger partial charge >= 0.3 is 5.97 Å². The number of carboxylic acids is 1. The average Bonchev–Trinajstić information content (AvgIpc) is 2.56. The lowest BCUT2D eigenvalue weighted by Crippen LogP contribution is -2.40. The minimum absolute atomic E-state index is 0.0349. The summed E-state index contributed by atoms with van der Waals surface area (Å²) >= 11 is 3.26. The van der Waals surface area contributed by atoms with Crippen LogP contribution in [0, 0.1) is 18.8 Å². The Morgan fingerprint density at radius 3 is 2.52 bits per heavy atom. The molecule has 0 fully saturated rings. The van der Waals surface area contributed by atoms with Gasteiger partial charge in [0, 0.05) is 18.7 Å². The van der Waals surface area contributed by atoms with Crippen molar-refractivity contribution < 1.29 is 19.8 Å². The molecule has 0 radical (unpaired) electrons. The molecule has 0 saturated heterocycles. The molecule has 2 rings (SSSR count). The number of likely N-dealkylation sites (N-methyl/N-ethyl adjacent to an activating group) is 1. The number of aldehydes is 1. The van der Waals surface area contributed by atoms with Crippen LogP contribution >= 0.6 is 15.9 Å². The molecule has 0 aliphatic rings. The summed E-state index contributed by atoms with van der Waals surface area (Å²) in [5.41, 5.74) is 2.37. The molecule has 1 aromatic carbocycles. The van der Waals surface area contributed by atoms with Gasteiger partial charge < -0.3 is 19.9 Å². The zero-order chi connectivity index (χ0) is 18.6. The number of aliphatic carboxylic acids is 1. The van der Waals surface area contributed by atoms with Crippen LogP contribution in [-0.2, 0) is 9.59 Å². The van der Waals surface area contributed by atoms with Crippen molar-refractivity contribution in [1.29, 1.82) is 0 Å². The number of aromatic hydroxyl groups is 1. The Morgan fingerprint density at radius 2 is 1.96 bits per heavy atom. The molecule has 128 valence electrons. The van der Waals surface area contributed by atoms with E-state index < -0.39 is 12.0 Å². The third-order valence-electron chi connectivity index (χ3n) is 3.46. The fraction of sp³-hybridized carbons (Fsp3) is 0.167. The number of nitrogens with zero attached hydrogens (tertiary/aromatic N) is 2. The maximum atomic E-state index is 11.1. The Bertz CT molecular complexity index is 869. The Labute approximate surface area is 153 Å². The third kappa shape index (κ3) is 4.37. The second-order valence-electron chi connectivity index (χ2n) is 5.32. The Hall–Kier alpha value is -2.85. The molecule has 2 N–H and O–H groups in total. The monoisotopic (exact) mass is 402 g/mol. The summed E-state index contributed by atoms with van der Waals surface area (Å²) < 4.78 is 0.335. The van der Waals surface area contributed by atoms with Crippen LogP contribution in [0.5, 0.6) is 5.75 Å². The van der Waals surface area contributed by atoms with E-state index in [1.807, 2.05) is 31.2 Å². The first-order valence-corrected chi connectivity index (χ1v) is 8.02. The standard InChI is InChI=1S/C18H15BrN2O4/c1-11-3-5-12(6-4-11)7-8-13-9-15(23)17(20-16(13)19)21(2)14(10-22)18(24)25/h3-6,9-10,14,23H,1-2H3,(H,24,25). The van der Waals surface area contributed by atoms with Crippen LogP contribution in [-0.4, -0.2) is 40.5 Å². The van der Waals surface area contributed by atoms with Crippen molar-refractivity contribution in [1.82, 2.24) is 4.98 Å². The maximum Gasteiger partial charge on any atom is 0.333 e. The molecule has 0 saturated carbocycles. The van der Waals surface area contributed by atoms with Gasteiger partial charge in [-0.15, -0.1) is 0 Å². The van der Waals surface area contributed by atoms with Crippen LogP contribution in [0.15, 0.2) is 34.9 Å². The van der Waals surface area contributed by atoms with E-state index in [0.717, 1.165) is 16.0 Å². The van der Waals surface area contributed by atoms with Crippen LogP contribution in [0.25, 0.3) is 0 Å². The topological polar surface area (TPSA) is 90.7 Å². The van der Waals surface area contributed by atoms with Crippen molar-refractivity contribution in [3.63, 3.8) is 0 Å². The number of anilines is 1. The number of benzene rings is 1. The average molecular weight is 403 g/mol. The highest BCUT2D eigenvalue weighted by Crippen LogP contribution is 2.29. The van der Waals surface area contributed by atoms with Gasteiger partial charge in [-0.05, 0) is 35.0 Å². The molecule has 25 heavy (non-hydrogen) atoms. The fourth-order valence-electron chi connectivity index (χ4n) is 2.04. The molecule has 1 aromatic heterocycles. The number of hydrogen-bond donors (Lipinski definition) is 2. The van der Waals surface area contributed by atoms with Gasteiger partial charge in [0.05, 0.1) is 5.56 Å². The van der Waals surface area contributed by atoms with E-state index in [1.165, 1.54) is 13.1 Å². The molecule has 0 bridgehead atoms. The van der Waals surface area contributed by atoms with E-state index in [1.54, 1.807) is 0 Å². The van der Waals surface area contributed by atoms with E-state index >= 15 is 0 Å². The predicted octanol–water partition coefficient (Wildman–Crippen LogP) is 2.35. The minimum atomic E-state index is -1.45. The normalized spacial score (nSPS) is 11.2. The molecule has 2 aromatic rings. The zero-order valence-corrected chi connectivity index (χ0v) is 15.1. The SMILES string of the molecule is Cc1ccc(C#Cc2cc(O)c(N(C)C(C=O)C(=O)O)nc2Br)cc1. The third-order valence-corrected chi connectivity index (χ3v) is 4.07. The molecule has 0 amide bonds. The summed E-state index contributed by atoms with van der Waals surface area (Å²) in [6.45, 7) is 1.98. The van der Waals surface area contributed by atoms with E-state index in [-0.39, 0.29) is 17.9 Å². The van der Waals surface area contributed by atoms with Gasteiger partial charge in [0.2, 0.25) is 0 Å². The van der Waals surface area contributed by atoms with Gasteiger partial charge in [-0.2, -0.15) is 0 Å². The smallest absolute Gasteiger partial charge is 0.333 e. The van der Waals surface area contributed by atoms with Gasteiger partial charge in [0.1, 0.15) is 4.60 Å². The zero-order valence-electron chi connectivity index (χ0n) is 13.5. The number of aryl methyl sites for hydroxylation is 1. The first-order valence-electron chi connectivity index (χ1n) is 7.22. The van der Waals surface area contributed by atoms with Crippen molar-refractivity contribution in [2.24, 2.45) is 0 Å². The highest BCUT2D eigenvalue weighted by atomic mass is 79.9. The van der Waals surface area contributed by atoms with E-state index in [9.17, 15) is 14.7 Å². The second-order valence-corrected chi connectivity index (χ2v) is 6.07. The number of carboxylic acid groups (broad SMARTS) is 1. The highest BCUT2D eigenvalue weighted by molar-refractivity contribution is 9.10. The van der Waals surface area contributed by atoms with Crippen LogP contribution in [0.4, 0.5) is 5.82 Å². The van der Waals surface area contributed by atoms with Crippen molar-refractivity contribution in [3.8, 4) is 17.6 Å². The summed E-state index contributed by atoms with van der Waals surface area (Å²) in [6, 6.07) is 7.57. The number of aromatic nitrogens is 1. The Balaban J connectivity index is 2.36. The molecular weight excluding hydrogens is 388 g/mol.